The molecule has 0 spiro atoms. The van der Waals surface area contributed by atoms with Crippen molar-refractivity contribution in [2.45, 2.75) is 63.4 Å². The van der Waals surface area contributed by atoms with Gasteiger partial charge in [0.15, 0.2) is 0 Å². The SMILES string of the molecule is CCCCCCCOCC(O)C(O)C(O)C(N)C(=O)O. The number of aliphatic hydroxyl groups excluding tert-OH is 3. The molecule has 0 aliphatic carbocycles. The van der Waals surface area contributed by atoms with Crippen LogP contribution in [-0.4, -0.2) is 64.0 Å². The molecule has 0 aromatic heterocycles. The number of nitrogens with two attached hydrogens (primary N) is 1. The fourth-order valence-corrected chi connectivity index (χ4v) is 1.70. The van der Waals surface area contributed by atoms with Gasteiger partial charge in [-0.05, 0) is 6.42 Å². The number of ether oxygens (including phenoxy) is 1. The van der Waals surface area contributed by atoms with Crippen molar-refractivity contribution >= 4 is 5.97 Å². The van der Waals surface area contributed by atoms with E-state index in [2.05, 4.69) is 6.92 Å². The van der Waals surface area contributed by atoms with Crippen LogP contribution in [0.25, 0.3) is 0 Å². The van der Waals surface area contributed by atoms with Crippen LogP contribution in [0.15, 0.2) is 0 Å². The Kier molecular flexibility index (Phi) is 10.6. The molecule has 0 saturated carbocycles. The standard InChI is InChI=1S/C13H27NO6/c1-2-3-4-5-6-7-20-8-9(15)11(16)12(17)10(14)13(18)19/h9-12,15-17H,2-8,14H2,1H3,(H,18,19). The van der Waals surface area contributed by atoms with E-state index in [1.807, 2.05) is 0 Å². The molecular weight excluding hydrogens is 266 g/mol. The van der Waals surface area contributed by atoms with Crippen LogP contribution < -0.4 is 5.73 Å². The lowest BCUT2D eigenvalue weighted by atomic mass is 10.0. The monoisotopic (exact) mass is 293 g/mol. The van der Waals surface area contributed by atoms with Crippen molar-refractivity contribution in [3.63, 3.8) is 0 Å². The molecule has 20 heavy (non-hydrogen) atoms. The van der Waals surface area contributed by atoms with Crippen molar-refractivity contribution in [3.8, 4) is 0 Å². The summed E-state index contributed by atoms with van der Waals surface area (Å²) in [7, 11) is 0. The van der Waals surface area contributed by atoms with Crippen LogP contribution in [0.1, 0.15) is 39.0 Å². The first-order valence-electron chi connectivity index (χ1n) is 7.02. The number of hydrogen-bond acceptors (Lipinski definition) is 6. The molecule has 0 fully saturated rings. The number of hydrogen-bond donors (Lipinski definition) is 5. The summed E-state index contributed by atoms with van der Waals surface area (Å²) in [4.78, 5) is 10.5. The van der Waals surface area contributed by atoms with Gasteiger partial charge in [-0.25, -0.2) is 0 Å². The fraction of sp³-hybridized carbons (Fsp3) is 0.923. The van der Waals surface area contributed by atoms with E-state index in [4.69, 9.17) is 15.6 Å². The molecule has 4 unspecified atom stereocenters. The summed E-state index contributed by atoms with van der Waals surface area (Å²) in [5.41, 5.74) is 5.16. The highest BCUT2D eigenvalue weighted by Gasteiger charge is 2.33. The van der Waals surface area contributed by atoms with E-state index in [9.17, 15) is 20.1 Å². The molecular formula is C13H27NO6. The smallest absolute Gasteiger partial charge is 0.323 e. The molecule has 0 aromatic carbocycles. The molecule has 0 amide bonds. The average Bonchev–Trinajstić information content (AvgIpc) is 2.43. The van der Waals surface area contributed by atoms with E-state index in [1.54, 1.807) is 0 Å². The Hall–Kier alpha value is -0.730. The zero-order chi connectivity index (χ0) is 15.5. The zero-order valence-electron chi connectivity index (χ0n) is 11.9. The molecule has 0 aliphatic rings. The highest BCUT2D eigenvalue weighted by Crippen LogP contribution is 2.06. The van der Waals surface area contributed by atoms with Gasteiger partial charge < -0.3 is 30.9 Å². The summed E-state index contributed by atoms with van der Waals surface area (Å²) in [6.07, 6.45) is 0.618. The predicted molar refractivity (Wildman–Crippen MR) is 73.2 cm³/mol. The molecule has 0 bridgehead atoms. The largest absolute Gasteiger partial charge is 0.480 e. The highest BCUT2D eigenvalue weighted by molar-refractivity contribution is 5.74. The first-order chi connectivity index (χ1) is 9.41. The second-order valence-corrected chi connectivity index (χ2v) is 4.90. The van der Waals surface area contributed by atoms with Gasteiger partial charge in [-0.3, -0.25) is 4.79 Å². The summed E-state index contributed by atoms with van der Waals surface area (Å²) in [5.74, 6) is -1.44. The number of aliphatic hydroxyl groups is 3. The topological polar surface area (TPSA) is 133 Å². The molecule has 7 heteroatoms. The predicted octanol–water partition coefficient (Wildman–Crippen LogP) is -0.532. The summed E-state index contributed by atoms with van der Waals surface area (Å²) >= 11 is 0. The van der Waals surface area contributed by atoms with Gasteiger partial charge in [-0.15, -0.1) is 0 Å². The number of carboxylic acid groups (broad SMARTS) is 1. The van der Waals surface area contributed by atoms with E-state index in [-0.39, 0.29) is 6.61 Å². The van der Waals surface area contributed by atoms with Gasteiger partial charge in [0.1, 0.15) is 24.4 Å². The lowest BCUT2D eigenvalue weighted by molar-refractivity contribution is -0.147. The van der Waals surface area contributed by atoms with Crippen molar-refractivity contribution < 1.29 is 30.0 Å². The Labute approximate surface area is 119 Å². The molecule has 0 saturated heterocycles. The lowest BCUT2D eigenvalue weighted by Gasteiger charge is -2.25. The molecule has 0 heterocycles. The summed E-state index contributed by atoms with van der Waals surface area (Å²) in [6.45, 7) is 2.41. The third kappa shape index (κ3) is 7.76. The second-order valence-electron chi connectivity index (χ2n) is 4.90. The first-order valence-corrected chi connectivity index (χ1v) is 7.02. The average molecular weight is 293 g/mol. The zero-order valence-corrected chi connectivity index (χ0v) is 11.9. The van der Waals surface area contributed by atoms with Gasteiger partial charge in [0.25, 0.3) is 0 Å². The number of aliphatic carboxylic acids is 1. The summed E-state index contributed by atoms with van der Waals surface area (Å²) in [6, 6.07) is -1.64. The van der Waals surface area contributed by atoms with Crippen molar-refractivity contribution in [2.75, 3.05) is 13.2 Å². The Morgan fingerprint density at radius 1 is 1.10 bits per heavy atom. The number of carbonyl (C=O) groups is 1. The highest BCUT2D eigenvalue weighted by atomic mass is 16.5. The van der Waals surface area contributed by atoms with Gasteiger partial charge in [0, 0.05) is 6.61 Å². The summed E-state index contributed by atoms with van der Waals surface area (Å²) < 4.78 is 5.18. The molecule has 6 N–H and O–H groups in total. The lowest BCUT2D eigenvalue weighted by Crippen LogP contribution is -2.52. The molecule has 0 rings (SSSR count). The molecule has 7 nitrogen and oxygen atoms in total. The van der Waals surface area contributed by atoms with Gasteiger partial charge in [0.2, 0.25) is 0 Å². The molecule has 0 aromatic rings. The maximum Gasteiger partial charge on any atom is 0.323 e. The van der Waals surface area contributed by atoms with E-state index in [1.165, 1.54) is 6.42 Å². The molecule has 120 valence electrons. The molecule has 4 atom stereocenters. The minimum atomic E-state index is -1.74. The number of rotatable bonds is 12. The van der Waals surface area contributed by atoms with E-state index >= 15 is 0 Å². The van der Waals surface area contributed by atoms with Crippen molar-refractivity contribution in [1.29, 1.82) is 0 Å². The van der Waals surface area contributed by atoms with Gasteiger partial charge in [-0.1, -0.05) is 32.6 Å². The van der Waals surface area contributed by atoms with Crippen molar-refractivity contribution in [3.05, 3.63) is 0 Å². The third-order valence-corrected chi connectivity index (χ3v) is 3.08. The summed E-state index contributed by atoms with van der Waals surface area (Å²) in [5, 5.41) is 37.2. The normalized spacial score (nSPS) is 17.4. The van der Waals surface area contributed by atoms with Crippen molar-refractivity contribution in [1.82, 2.24) is 0 Å². The maximum atomic E-state index is 10.5. The van der Waals surface area contributed by atoms with Crippen LogP contribution in [0.5, 0.6) is 0 Å². The Bertz CT molecular complexity index is 263. The van der Waals surface area contributed by atoms with E-state index < -0.39 is 30.3 Å². The van der Waals surface area contributed by atoms with E-state index in [0.29, 0.717) is 6.61 Å². The Morgan fingerprint density at radius 3 is 2.25 bits per heavy atom. The fourth-order valence-electron chi connectivity index (χ4n) is 1.70. The maximum absolute atomic E-state index is 10.5. The second kappa shape index (κ2) is 11.0. The Morgan fingerprint density at radius 2 is 1.70 bits per heavy atom. The molecule has 0 aliphatic heterocycles. The van der Waals surface area contributed by atoms with Crippen LogP contribution in [0, 0.1) is 0 Å². The van der Waals surface area contributed by atoms with Crippen LogP contribution in [0.4, 0.5) is 0 Å². The van der Waals surface area contributed by atoms with Crippen LogP contribution in [0.3, 0.4) is 0 Å². The van der Waals surface area contributed by atoms with Gasteiger partial charge >= 0.3 is 5.97 Å². The van der Waals surface area contributed by atoms with Crippen LogP contribution in [-0.2, 0) is 9.53 Å². The minimum Gasteiger partial charge on any atom is -0.480 e. The van der Waals surface area contributed by atoms with Gasteiger partial charge in [0.05, 0.1) is 6.61 Å². The molecule has 0 radical (unpaired) electrons. The number of unbranched alkanes of at least 4 members (excludes halogenated alkanes) is 4. The van der Waals surface area contributed by atoms with Crippen LogP contribution >= 0.6 is 0 Å². The quantitative estimate of drug-likeness (QED) is 0.305. The van der Waals surface area contributed by atoms with E-state index in [0.717, 1.165) is 25.7 Å². The van der Waals surface area contributed by atoms with Crippen molar-refractivity contribution in [2.24, 2.45) is 5.73 Å². The van der Waals surface area contributed by atoms with Crippen LogP contribution in [0.2, 0.25) is 0 Å². The minimum absolute atomic E-state index is 0.168. The number of carboxylic acids is 1. The first kappa shape index (κ1) is 19.3. The third-order valence-electron chi connectivity index (χ3n) is 3.08. The Balaban J connectivity index is 3.79. The van der Waals surface area contributed by atoms with Gasteiger partial charge in [-0.2, -0.15) is 0 Å².